The van der Waals surface area contributed by atoms with Crippen LogP contribution in [0.25, 0.3) is 21.8 Å². The topological polar surface area (TPSA) is 25.8 Å². The maximum absolute atomic E-state index is 13.0. The molecule has 0 saturated carbocycles. The van der Waals surface area contributed by atoms with E-state index in [1.165, 1.54) is 0 Å². The lowest BCUT2D eigenvalue weighted by molar-refractivity contribution is -0.141. The first-order valence-corrected chi connectivity index (χ1v) is 7.84. The van der Waals surface area contributed by atoms with E-state index in [0.717, 1.165) is 6.07 Å². The third-order valence-corrected chi connectivity index (χ3v) is 4.25. The van der Waals surface area contributed by atoms with Crippen LogP contribution in [0.2, 0.25) is 0 Å². The zero-order valence-corrected chi connectivity index (χ0v) is 13.6. The molecule has 7 heteroatoms. The molecule has 0 atom stereocenters. The van der Waals surface area contributed by atoms with Crippen LogP contribution in [-0.4, -0.2) is 9.97 Å². The summed E-state index contributed by atoms with van der Waals surface area (Å²) in [5.41, 5.74) is 0.658. The van der Waals surface area contributed by atoms with Gasteiger partial charge in [0.1, 0.15) is 5.69 Å². The fraction of sp³-hybridized carbons (Fsp3) is 0.143. The number of hydrogen-bond acceptors (Lipinski definition) is 2. The van der Waals surface area contributed by atoms with Crippen molar-refractivity contribution in [3.63, 3.8) is 0 Å². The van der Waals surface area contributed by atoms with Crippen molar-refractivity contribution in [2.75, 3.05) is 0 Å². The van der Waals surface area contributed by atoms with Gasteiger partial charge in [0.15, 0.2) is 0 Å². The van der Waals surface area contributed by atoms with E-state index in [2.05, 4.69) is 41.8 Å². The van der Waals surface area contributed by atoms with Crippen molar-refractivity contribution in [3.8, 4) is 0 Å². The van der Waals surface area contributed by atoms with Crippen LogP contribution in [0.5, 0.6) is 0 Å². The Balaban J connectivity index is 2.52. The summed E-state index contributed by atoms with van der Waals surface area (Å²) >= 11 is 6.54. The maximum Gasteiger partial charge on any atom is 0.433 e. The van der Waals surface area contributed by atoms with E-state index in [1.807, 2.05) is 0 Å². The lowest BCUT2D eigenvalue weighted by Crippen LogP contribution is -2.09. The second-order valence-corrected chi connectivity index (χ2v) is 5.84. The molecule has 0 radical (unpaired) electrons. The van der Waals surface area contributed by atoms with E-state index in [-0.39, 0.29) is 0 Å². The normalized spacial score (nSPS) is 12.2. The van der Waals surface area contributed by atoms with E-state index < -0.39 is 11.9 Å². The van der Waals surface area contributed by atoms with E-state index in [0.29, 0.717) is 37.3 Å². The van der Waals surface area contributed by atoms with E-state index in [4.69, 9.17) is 0 Å². The first-order chi connectivity index (χ1) is 9.91. The van der Waals surface area contributed by atoms with Gasteiger partial charge in [0.05, 0.1) is 16.7 Å². The Hall–Kier alpha value is -1.21. The average molecular weight is 420 g/mol. The summed E-state index contributed by atoms with van der Waals surface area (Å²) in [6.07, 6.45) is -4.49. The molecule has 0 aliphatic heterocycles. The molecule has 0 N–H and O–H groups in total. The first-order valence-electron chi connectivity index (χ1n) is 5.93. The van der Waals surface area contributed by atoms with E-state index in [9.17, 15) is 13.2 Å². The van der Waals surface area contributed by atoms with Crippen molar-refractivity contribution in [2.45, 2.75) is 11.5 Å². The minimum absolute atomic E-state index is 0.303. The number of nitrogens with zero attached hydrogens (tertiary/aromatic N) is 2. The van der Waals surface area contributed by atoms with Gasteiger partial charge in [-0.2, -0.15) is 13.2 Å². The number of aromatic nitrogens is 2. The Morgan fingerprint density at radius 2 is 1.81 bits per heavy atom. The smallest absolute Gasteiger partial charge is 0.251 e. The number of alkyl halides is 4. The van der Waals surface area contributed by atoms with Gasteiger partial charge in [-0.15, -0.1) is 0 Å². The molecular formula is C14H7Br2F3N2. The Bertz CT molecular complexity index is 847. The van der Waals surface area contributed by atoms with Crippen molar-refractivity contribution < 1.29 is 13.2 Å². The third kappa shape index (κ3) is 2.53. The van der Waals surface area contributed by atoms with Crippen LogP contribution in [0, 0.1) is 0 Å². The number of fused-ring (bicyclic) bond motifs is 3. The fourth-order valence-electron chi connectivity index (χ4n) is 2.20. The van der Waals surface area contributed by atoms with E-state index in [1.54, 1.807) is 24.3 Å². The summed E-state index contributed by atoms with van der Waals surface area (Å²) in [5.74, 6) is 0. The van der Waals surface area contributed by atoms with Gasteiger partial charge < -0.3 is 0 Å². The Morgan fingerprint density at radius 1 is 1.10 bits per heavy atom. The van der Waals surface area contributed by atoms with Crippen molar-refractivity contribution in [1.82, 2.24) is 9.97 Å². The quantitative estimate of drug-likeness (QED) is 0.386. The van der Waals surface area contributed by atoms with Gasteiger partial charge in [0, 0.05) is 20.6 Å². The molecule has 0 aliphatic carbocycles. The van der Waals surface area contributed by atoms with Gasteiger partial charge in [0.25, 0.3) is 0 Å². The van der Waals surface area contributed by atoms with Gasteiger partial charge in [-0.1, -0.05) is 34.1 Å². The molecule has 1 aromatic carbocycles. The highest BCUT2D eigenvalue weighted by Crippen LogP contribution is 2.36. The fourth-order valence-corrected chi connectivity index (χ4v) is 3.24. The largest absolute Gasteiger partial charge is 0.433 e. The van der Waals surface area contributed by atoms with E-state index >= 15 is 0 Å². The lowest BCUT2D eigenvalue weighted by Gasteiger charge is -2.12. The maximum atomic E-state index is 13.0. The van der Waals surface area contributed by atoms with Crippen molar-refractivity contribution in [3.05, 3.63) is 46.2 Å². The van der Waals surface area contributed by atoms with Crippen molar-refractivity contribution in [2.24, 2.45) is 0 Å². The third-order valence-electron chi connectivity index (χ3n) is 3.09. The molecule has 0 bridgehead atoms. The van der Waals surface area contributed by atoms with Gasteiger partial charge in [-0.05, 0) is 28.1 Å². The van der Waals surface area contributed by atoms with Crippen LogP contribution in [0.3, 0.4) is 0 Å². The second kappa shape index (κ2) is 5.21. The zero-order valence-electron chi connectivity index (χ0n) is 10.4. The second-order valence-electron chi connectivity index (χ2n) is 4.42. The molecule has 3 aromatic rings. The molecule has 3 rings (SSSR count). The summed E-state index contributed by atoms with van der Waals surface area (Å²) in [6, 6.07) is 8.03. The number of halogens is 5. The lowest BCUT2D eigenvalue weighted by atomic mass is 10.1. The Morgan fingerprint density at radius 3 is 2.48 bits per heavy atom. The molecule has 0 saturated heterocycles. The minimum Gasteiger partial charge on any atom is -0.251 e. The summed E-state index contributed by atoms with van der Waals surface area (Å²) in [6.45, 7) is 0. The highest BCUT2D eigenvalue weighted by atomic mass is 79.9. The van der Waals surface area contributed by atoms with Crippen LogP contribution in [-0.2, 0) is 11.5 Å². The predicted molar refractivity (Wildman–Crippen MR) is 82.4 cm³/mol. The number of rotatable bonds is 1. The number of hydrogen-bond donors (Lipinski definition) is 0. The molecule has 108 valence electrons. The first kappa shape index (κ1) is 14.7. The molecule has 0 aliphatic rings. The molecule has 21 heavy (non-hydrogen) atoms. The van der Waals surface area contributed by atoms with Crippen LogP contribution < -0.4 is 0 Å². The van der Waals surface area contributed by atoms with Crippen molar-refractivity contribution in [1.29, 1.82) is 0 Å². The van der Waals surface area contributed by atoms with Crippen LogP contribution >= 0.6 is 31.9 Å². The molecule has 2 heterocycles. The summed E-state index contributed by atoms with van der Waals surface area (Å²) in [4.78, 5) is 8.30. The average Bonchev–Trinajstić information content (AvgIpc) is 2.45. The standard InChI is InChI=1S/C14H7Br2F3N2/c15-6-10-12-8(16)5-11(14(17,18)19)21-13(12)7-3-1-2-4-9(7)20-10/h1-5H,6H2. The SMILES string of the molecule is FC(F)(F)c1cc(Br)c2c(CBr)nc3ccccc3c2n1. The molecule has 0 fully saturated rings. The molecule has 2 aromatic heterocycles. The molecule has 0 amide bonds. The van der Waals surface area contributed by atoms with Gasteiger partial charge in [0.2, 0.25) is 0 Å². The minimum atomic E-state index is -4.49. The molecule has 2 nitrogen and oxygen atoms in total. The van der Waals surface area contributed by atoms with Gasteiger partial charge in [-0.3, -0.25) is 4.98 Å². The molecule has 0 unspecified atom stereocenters. The van der Waals surface area contributed by atoms with Crippen LogP contribution in [0.4, 0.5) is 13.2 Å². The van der Waals surface area contributed by atoms with Crippen LogP contribution in [0.1, 0.15) is 11.4 Å². The number of para-hydroxylation sites is 1. The van der Waals surface area contributed by atoms with Crippen LogP contribution in [0.15, 0.2) is 34.8 Å². The number of benzene rings is 1. The summed E-state index contributed by atoms with van der Waals surface area (Å²) < 4.78 is 39.3. The summed E-state index contributed by atoms with van der Waals surface area (Å²) in [7, 11) is 0. The molecular weight excluding hydrogens is 413 g/mol. The predicted octanol–water partition coefficient (Wildman–Crippen LogP) is 5.46. The highest BCUT2D eigenvalue weighted by molar-refractivity contribution is 9.10. The Labute approximate surface area is 134 Å². The van der Waals surface area contributed by atoms with Gasteiger partial charge >= 0.3 is 6.18 Å². The summed E-state index contributed by atoms with van der Waals surface area (Å²) in [5, 5.41) is 1.63. The van der Waals surface area contributed by atoms with Gasteiger partial charge in [-0.25, -0.2) is 4.98 Å². The zero-order chi connectivity index (χ0) is 15.2. The monoisotopic (exact) mass is 418 g/mol. The highest BCUT2D eigenvalue weighted by Gasteiger charge is 2.33. The number of pyridine rings is 2. The van der Waals surface area contributed by atoms with Crippen molar-refractivity contribution >= 4 is 53.7 Å². The molecule has 0 spiro atoms. The Kier molecular flexibility index (Phi) is 3.65.